The quantitative estimate of drug-likeness (QED) is 0.459. The first-order chi connectivity index (χ1) is 11.2. The Bertz CT molecular complexity index is 850. The summed E-state index contributed by atoms with van der Waals surface area (Å²) < 4.78 is 4.94. The van der Waals surface area contributed by atoms with Crippen molar-refractivity contribution in [1.29, 1.82) is 0 Å². The number of hydrogen-bond acceptors (Lipinski definition) is 4. The molecule has 0 N–H and O–H groups in total. The number of rotatable bonds is 1. The summed E-state index contributed by atoms with van der Waals surface area (Å²) >= 11 is 0. The van der Waals surface area contributed by atoms with Gasteiger partial charge in [0.1, 0.15) is 6.29 Å². The van der Waals surface area contributed by atoms with E-state index in [0.29, 0.717) is 0 Å². The minimum absolute atomic E-state index is 0.229. The lowest BCUT2D eigenvalue weighted by Gasteiger charge is -2.50. The molecule has 1 aliphatic heterocycles. The van der Waals surface area contributed by atoms with Gasteiger partial charge in [0.2, 0.25) is 0 Å². The van der Waals surface area contributed by atoms with E-state index in [1.165, 1.54) is 0 Å². The Morgan fingerprint density at radius 3 is 2.00 bits per heavy atom. The largest absolute Gasteiger partial charge is 0.393 e. The summed E-state index contributed by atoms with van der Waals surface area (Å²) in [6.45, 7) is 0. The van der Waals surface area contributed by atoms with Gasteiger partial charge in [-0.25, -0.2) is 0 Å². The molecule has 6 rings (SSSR count). The molecule has 2 bridgehead atoms. The SMILES string of the molecule is O=CC12c3ccccc3C(c3ccccc31)[C@@H]1C(=O)OC(=O)[C@@H]12. The van der Waals surface area contributed by atoms with E-state index < -0.39 is 29.2 Å². The van der Waals surface area contributed by atoms with E-state index >= 15 is 0 Å². The van der Waals surface area contributed by atoms with Gasteiger partial charge in [-0.2, -0.15) is 0 Å². The van der Waals surface area contributed by atoms with Gasteiger partial charge in [0, 0.05) is 5.92 Å². The smallest absolute Gasteiger partial charge is 0.319 e. The average molecular weight is 304 g/mol. The van der Waals surface area contributed by atoms with Crippen LogP contribution in [-0.2, 0) is 24.5 Å². The molecule has 112 valence electrons. The molecule has 4 heteroatoms. The number of aldehydes is 1. The third kappa shape index (κ3) is 1.23. The fraction of sp³-hybridized carbons (Fsp3) is 0.211. The number of esters is 2. The Kier molecular flexibility index (Phi) is 2.20. The molecule has 4 nitrogen and oxygen atoms in total. The topological polar surface area (TPSA) is 60.4 Å². The highest BCUT2D eigenvalue weighted by atomic mass is 16.6. The molecule has 23 heavy (non-hydrogen) atoms. The van der Waals surface area contributed by atoms with Crippen molar-refractivity contribution in [2.75, 3.05) is 0 Å². The monoisotopic (exact) mass is 304 g/mol. The van der Waals surface area contributed by atoms with Gasteiger partial charge < -0.3 is 9.53 Å². The van der Waals surface area contributed by atoms with Crippen molar-refractivity contribution in [3.8, 4) is 0 Å². The molecule has 1 saturated heterocycles. The second-order valence-corrected chi connectivity index (χ2v) is 6.38. The number of ether oxygens (including phenoxy) is 1. The van der Waals surface area contributed by atoms with E-state index in [-0.39, 0.29) is 5.92 Å². The zero-order chi connectivity index (χ0) is 15.8. The standard InChI is InChI=1S/C19H12O4/c20-9-19-12-7-3-1-5-10(12)14(11-6-2-4-8-13(11)19)15-16(19)18(22)23-17(15)21/h1-9,14-16H/t14?,15-,16+,19?/m0/s1. The van der Waals surface area contributed by atoms with Gasteiger partial charge in [-0.1, -0.05) is 48.5 Å². The van der Waals surface area contributed by atoms with Crippen LogP contribution < -0.4 is 0 Å². The summed E-state index contributed by atoms with van der Waals surface area (Å²) in [5, 5.41) is 0. The van der Waals surface area contributed by atoms with Crippen molar-refractivity contribution in [3.63, 3.8) is 0 Å². The van der Waals surface area contributed by atoms with Crippen LogP contribution in [-0.4, -0.2) is 18.2 Å². The van der Waals surface area contributed by atoms with Crippen molar-refractivity contribution in [1.82, 2.24) is 0 Å². The van der Waals surface area contributed by atoms with Crippen molar-refractivity contribution in [2.24, 2.45) is 11.8 Å². The Labute approximate surface area is 132 Å². The molecule has 0 saturated carbocycles. The van der Waals surface area contributed by atoms with Crippen LogP contribution in [0.3, 0.4) is 0 Å². The highest BCUT2D eigenvalue weighted by Gasteiger charge is 2.67. The van der Waals surface area contributed by atoms with E-state index in [2.05, 4.69) is 0 Å². The molecule has 0 unspecified atom stereocenters. The molecular formula is C19H12O4. The summed E-state index contributed by atoms with van der Waals surface area (Å²) in [4.78, 5) is 37.1. The minimum Gasteiger partial charge on any atom is -0.393 e. The lowest BCUT2D eigenvalue weighted by Crippen LogP contribution is -2.54. The second-order valence-electron chi connectivity index (χ2n) is 6.38. The molecular weight excluding hydrogens is 292 g/mol. The summed E-state index contributed by atoms with van der Waals surface area (Å²) in [6.07, 6.45) is 0.831. The van der Waals surface area contributed by atoms with Crippen LogP contribution in [0, 0.1) is 11.8 Å². The molecule has 0 amide bonds. The normalized spacial score (nSPS) is 32.8. The van der Waals surface area contributed by atoms with E-state index in [1.54, 1.807) is 0 Å². The fourth-order valence-corrected chi connectivity index (χ4v) is 4.84. The van der Waals surface area contributed by atoms with Crippen molar-refractivity contribution in [3.05, 3.63) is 70.8 Å². The number of carbonyl (C=O) groups excluding carboxylic acids is 3. The number of carbonyl (C=O) groups is 3. The molecule has 0 aromatic heterocycles. The molecule has 0 radical (unpaired) electrons. The maximum Gasteiger partial charge on any atom is 0.319 e. The van der Waals surface area contributed by atoms with Crippen LogP contribution >= 0.6 is 0 Å². The molecule has 2 aromatic carbocycles. The molecule has 4 aliphatic rings. The molecule has 3 aliphatic carbocycles. The molecule has 2 atom stereocenters. The Morgan fingerprint density at radius 2 is 1.43 bits per heavy atom. The van der Waals surface area contributed by atoms with Crippen molar-refractivity contribution >= 4 is 18.2 Å². The van der Waals surface area contributed by atoms with E-state index in [0.717, 1.165) is 28.5 Å². The molecule has 1 heterocycles. The zero-order valence-corrected chi connectivity index (χ0v) is 12.1. The maximum atomic E-state index is 12.4. The van der Waals surface area contributed by atoms with Gasteiger partial charge in [-0.05, 0) is 22.3 Å². The summed E-state index contributed by atoms with van der Waals surface area (Å²) in [7, 11) is 0. The third-order valence-corrected chi connectivity index (χ3v) is 5.61. The average Bonchev–Trinajstić information content (AvgIpc) is 2.90. The van der Waals surface area contributed by atoms with E-state index in [9.17, 15) is 14.4 Å². The highest BCUT2D eigenvalue weighted by Crippen LogP contribution is 2.62. The third-order valence-electron chi connectivity index (χ3n) is 5.61. The molecule has 2 aromatic rings. The van der Waals surface area contributed by atoms with Crippen LogP contribution in [0.4, 0.5) is 0 Å². The van der Waals surface area contributed by atoms with Gasteiger partial charge >= 0.3 is 11.9 Å². The van der Waals surface area contributed by atoms with E-state index in [4.69, 9.17) is 4.74 Å². The number of benzene rings is 2. The Morgan fingerprint density at radius 1 is 0.870 bits per heavy atom. The van der Waals surface area contributed by atoms with Gasteiger partial charge in [0.25, 0.3) is 0 Å². The predicted octanol–water partition coefficient (Wildman–Crippen LogP) is 1.95. The summed E-state index contributed by atoms with van der Waals surface area (Å²) in [5.41, 5.74) is 2.42. The van der Waals surface area contributed by atoms with Crippen molar-refractivity contribution in [2.45, 2.75) is 11.3 Å². The second kappa shape index (κ2) is 3.96. The summed E-state index contributed by atoms with van der Waals surface area (Å²) in [5.74, 6) is -2.70. The van der Waals surface area contributed by atoms with Gasteiger partial charge in [0.15, 0.2) is 0 Å². The fourth-order valence-electron chi connectivity index (χ4n) is 4.84. The minimum atomic E-state index is -1.13. The zero-order valence-electron chi connectivity index (χ0n) is 12.1. The first kappa shape index (κ1) is 12.8. The van der Waals surface area contributed by atoms with Crippen LogP contribution in [0.5, 0.6) is 0 Å². The van der Waals surface area contributed by atoms with Crippen LogP contribution in [0.2, 0.25) is 0 Å². The van der Waals surface area contributed by atoms with Crippen LogP contribution in [0.25, 0.3) is 0 Å². The highest BCUT2D eigenvalue weighted by molar-refractivity contribution is 6.04. The first-order valence-electron chi connectivity index (χ1n) is 7.61. The van der Waals surface area contributed by atoms with Crippen LogP contribution in [0.1, 0.15) is 28.2 Å². The number of cyclic esters (lactones) is 2. The molecule has 1 fully saturated rings. The van der Waals surface area contributed by atoms with E-state index in [1.807, 2.05) is 48.5 Å². The lowest BCUT2D eigenvalue weighted by molar-refractivity contribution is -0.154. The molecule has 0 spiro atoms. The lowest BCUT2D eigenvalue weighted by atomic mass is 9.48. The van der Waals surface area contributed by atoms with Gasteiger partial charge in [-0.3, -0.25) is 9.59 Å². The number of hydrogen-bond donors (Lipinski definition) is 0. The maximum absolute atomic E-state index is 12.4. The Balaban J connectivity index is 1.97. The summed E-state index contributed by atoms with van der Waals surface area (Å²) in [6, 6.07) is 15.2. The van der Waals surface area contributed by atoms with Crippen molar-refractivity contribution < 1.29 is 19.1 Å². The predicted molar refractivity (Wildman–Crippen MR) is 79.7 cm³/mol. The van der Waals surface area contributed by atoms with Gasteiger partial charge in [0.05, 0.1) is 17.3 Å². The van der Waals surface area contributed by atoms with Crippen LogP contribution in [0.15, 0.2) is 48.5 Å². The first-order valence-corrected chi connectivity index (χ1v) is 7.61. The Hall–Kier alpha value is -2.75. The van der Waals surface area contributed by atoms with Gasteiger partial charge in [-0.15, -0.1) is 0 Å².